The summed E-state index contributed by atoms with van der Waals surface area (Å²) in [5.74, 6) is -0.283. The van der Waals surface area contributed by atoms with Gasteiger partial charge in [-0.2, -0.15) is 4.98 Å². The van der Waals surface area contributed by atoms with Gasteiger partial charge in [0.05, 0.1) is 18.1 Å². The number of amides is 1. The number of aryl methyl sites for hydroxylation is 1. The molecule has 1 aliphatic heterocycles. The summed E-state index contributed by atoms with van der Waals surface area (Å²) in [7, 11) is -3.67. The largest absolute Gasteiger partial charge is 0.378 e. The molecule has 0 radical (unpaired) electrons. The zero-order valence-corrected chi connectivity index (χ0v) is 17.8. The minimum Gasteiger partial charge on any atom is -0.378 e. The van der Waals surface area contributed by atoms with Gasteiger partial charge in [0.25, 0.3) is 0 Å². The Hall–Kier alpha value is -2.30. The molecule has 10 heteroatoms. The Kier molecular flexibility index (Phi) is 6.16. The molecule has 1 saturated carbocycles. The van der Waals surface area contributed by atoms with Gasteiger partial charge >= 0.3 is 11.8 Å². The van der Waals surface area contributed by atoms with Gasteiger partial charge in [-0.15, -0.1) is 0 Å². The van der Waals surface area contributed by atoms with Crippen LogP contribution in [0.15, 0.2) is 27.6 Å². The summed E-state index contributed by atoms with van der Waals surface area (Å²) in [6.45, 7) is 3.63. The van der Waals surface area contributed by atoms with Gasteiger partial charge in [-0.1, -0.05) is 36.6 Å². The summed E-state index contributed by atoms with van der Waals surface area (Å²) in [4.78, 5) is 18.5. The zero-order valence-electron chi connectivity index (χ0n) is 17.0. The van der Waals surface area contributed by atoms with E-state index in [1.54, 1.807) is 24.0 Å². The zero-order chi connectivity index (χ0) is 21.1. The van der Waals surface area contributed by atoms with Crippen molar-refractivity contribution in [1.82, 2.24) is 19.8 Å². The van der Waals surface area contributed by atoms with Crippen LogP contribution >= 0.6 is 0 Å². The van der Waals surface area contributed by atoms with E-state index < -0.39 is 10.0 Å². The fraction of sp³-hybridized carbons (Fsp3) is 0.550. The molecular weight excluding hydrogens is 408 g/mol. The van der Waals surface area contributed by atoms with Crippen LogP contribution in [0.4, 0.5) is 0 Å². The summed E-state index contributed by atoms with van der Waals surface area (Å²) < 4.78 is 39.2. The Morgan fingerprint density at radius 3 is 2.63 bits per heavy atom. The van der Waals surface area contributed by atoms with Crippen LogP contribution in [0.1, 0.15) is 48.4 Å². The fourth-order valence-electron chi connectivity index (χ4n) is 3.86. The number of aromatic nitrogens is 2. The predicted octanol–water partition coefficient (Wildman–Crippen LogP) is 2.13. The molecule has 0 unspecified atom stereocenters. The van der Waals surface area contributed by atoms with Crippen LogP contribution in [0.25, 0.3) is 11.4 Å². The lowest BCUT2D eigenvalue weighted by atomic mass is 9.96. The molecule has 162 valence electrons. The fourth-order valence-corrected chi connectivity index (χ4v) is 5.44. The molecule has 0 atom stereocenters. The number of rotatable bonds is 5. The lowest BCUT2D eigenvalue weighted by molar-refractivity contribution is 0.0272. The van der Waals surface area contributed by atoms with Crippen molar-refractivity contribution in [2.45, 2.75) is 50.0 Å². The van der Waals surface area contributed by atoms with E-state index in [1.807, 2.05) is 0 Å². The van der Waals surface area contributed by atoms with E-state index in [0.29, 0.717) is 37.4 Å². The molecule has 1 saturated heterocycles. The standard InChI is InChI=1S/C20H26N4O5S/c1-14-7-8-15(13-17(14)30(26,27)23-16-5-3-2-4-6-16)18-21-19(29-22-18)20(25)24-9-11-28-12-10-24/h7-8,13,16,23H,2-6,9-12H2,1H3. The van der Waals surface area contributed by atoms with Crippen molar-refractivity contribution in [3.63, 3.8) is 0 Å². The van der Waals surface area contributed by atoms with Gasteiger partial charge in [-0.05, 0) is 31.4 Å². The Bertz CT molecular complexity index is 1010. The first-order chi connectivity index (χ1) is 14.4. The molecule has 2 aromatic rings. The highest BCUT2D eigenvalue weighted by molar-refractivity contribution is 7.89. The Labute approximate surface area is 175 Å². The van der Waals surface area contributed by atoms with Gasteiger partial charge in [0.15, 0.2) is 0 Å². The van der Waals surface area contributed by atoms with Crippen LogP contribution in [0.5, 0.6) is 0 Å². The minimum absolute atomic E-state index is 0.0327. The topological polar surface area (TPSA) is 115 Å². The smallest absolute Gasteiger partial charge is 0.316 e. The number of hydrogen-bond acceptors (Lipinski definition) is 7. The molecule has 1 aromatic carbocycles. The third-order valence-corrected chi connectivity index (χ3v) is 7.23. The van der Waals surface area contributed by atoms with Crippen molar-refractivity contribution < 1.29 is 22.5 Å². The van der Waals surface area contributed by atoms with Crippen molar-refractivity contribution in [2.75, 3.05) is 26.3 Å². The summed E-state index contributed by atoms with van der Waals surface area (Å²) in [5, 5.41) is 3.89. The Morgan fingerprint density at radius 2 is 1.90 bits per heavy atom. The number of benzene rings is 1. The number of carbonyl (C=O) groups is 1. The lowest BCUT2D eigenvalue weighted by Gasteiger charge is -2.25. The minimum atomic E-state index is -3.67. The van der Waals surface area contributed by atoms with Crippen molar-refractivity contribution in [2.24, 2.45) is 0 Å². The first-order valence-corrected chi connectivity index (χ1v) is 11.8. The first-order valence-electron chi connectivity index (χ1n) is 10.3. The van der Waals surface area contributed by atoms with E-state index in [-0.39, 0.29) is 28.6 Å². The van der Waals surface area contributed by atoms with Crippen molar-refractivity contribution in [3.05, 3.63) is 29.7 Å². The van der Waals surface area contributed by atoms with E-state index in [2.05, 4.69) is 14.9 Å². The molecule has 0 spiro atoms. The summed E-state index contributed by atoms with van der Waals surface area (Å²) in [5.41, 5.74) is 1.12. The first kappa shape index (κ1) is 21.0. The third-order valence-electron chi connectivity index (χ3n) is 5.57. The van der Waals surface area contributed by atoms with Crippen LogP contribution in [0, 0.1) is 6.92 Å². The maximum absolute atomic E-state index is 13.0. The van der Waals surface area contributed by atoms with Gasteiger partial charge in [-0.3, -0.25) is 4.79 Å². The molecule has 2 fully saturated rings. The van der Waals surface area contributed by atoms with E-state index in [1.165, 1.54) is 6.07 Å². The quantitative estimate of drug-likeness (QED) is 0.766. The molecule has 1 N–H and O–H groups in total. The predicted molar refractivity (Wildman–Crippen MR) is 108 cm³/mol. The maximum Gasteiger partial charge on any atom is 0.316 e. The monoisotopic (exact) mass is 434 g/mol. The van der Waals surface area contributed by atoms with Crippen LogP contribution in [-0.2, 0) is 14.8 Å². The third kappa shape index (κ3) is 4.55. The summed E-state index contributed by atoms with van der Waals surface area (Å²) in [6, 6.07) is 4.94. The number of morpholine rings is 1. The molecule has 2 heterocycles. The number of nitrogens with zero attached hydrogens (tertiary/aromatic N) is 3. The molecule has 1 aromatic heterocycles. The second-order valence-corrected chi connectivity index (χ2v) is 9.45. The number of carbonyl (C=O) groups excluding carboxylic acids is 1. The number of ether oxygens (including phenoxy) is 1. The summed E-state index contributed by atoms with van der Waals surface area (Å²) in [6.07, 6.45) is 4.94. The van der Waals surface area contributed by atoms with Gasteiger partial charge < -0.3 is 14.2 Å². The number of hydrogen-bond donors (Lipinski definition) is 1. The Morgan fingerprint density at radius 1 is 1.17 bits per heavy atom. The normalized spacial score (nSPS) is 18.5. The highest BCUT2D eigenvalue weighted by atomic mass is 32.2. The lowest BCUT2D eigenvalue weighted by Crippen LogP contribution is -2.40. The van der Waals surface area contributed by atoms with E-state index >= 15 is 0 Å². The average Bonchev–Trinajstić information content (AvgIpc) is 3.25. The highest BCUT2D eigenvalue weighted by Crippen LogP contribution is 2.25. The van der Waals surface area contributed by atoms with Gasteiger partial charge in [-0.25, -0.2) is 13.1 Å². The molecular formula is C20H26N4O5S. The van der Waals surface area contributed by atoms with E-state index in [0.717, 1.165) is 32.1 Å². The highest BCUT2D eigenvalue weighted by Gasteiger charge is 2.26. The van der Waals surface area contributed by atoms with Crippen molar-refractivity contribution >= 4 is 15.9 Å². The molecule has 9 nitrogen and oxygen atoms in total. The molecule has 0 bridgehead atoms. The van der Waals surface area contributed by atoms with E-state index in [4.69, 9.17) is 9.26 Å². The van der Waals surface area contributed by atoms with Gasteiger partial charge in [0.1, 0.15) is 0 Å². The average molecular weight is 435 g/mol. The molecule has 2 aliphatic rings. The maximum atomic E-state index is 13.0. The van der Waals surface area contributed by atoms with E-state index in [9.17, 15) is 13.2 Å². The number of nitrogens with one attached hydrogen (secondary N) is 1. The van der Waals surface area contributed by atoms with Gasteiger partial charge in [0, 0.05) is 24.7 Å². The Balaban J connectivity index is 1.56. The van der Waals surface area contributed by atoms with Crippen LogP contribution < -0.4 is 4.72 Å². The second kappa shape index (κ2) is 8.83. The van der Waals surface area contributed by atoms with Crippen LogP contribution in [-0.4, -0.2) is 61.7 Å². The van der Waals surface area contributed by atoms with Crippen molar-refractivity contribution in [1.29, 1.82) is 0 Å². The van der Waals surface area contributed by atoms with Gasteiger partial charge in [0.2, 0.25) is 15.8 Å². The molecule has 30 heavy (non-hydrogen) atoms. The second-order valence-electron chi connectivity index (χ2n) is 7.76. The molecule has 1 amide bonds. The SMILES string of the molecule is Cc1ccc(-c2noc(C(=O)N3CCOCC3)n2)cc1S(=O)(=O)NC1CCCCC1. The number of sulfonamides is 1. The van der Waals surface area contributed by atoms with Crippen LogP contribution in [0.2, 0.25) is 0 Å². The molecule has 4 rings (SSSR count). The molecule has 1 aliphatic carbocycles. The summed E-state index contributed by atoms with van der Waals surface area (Å²) >= 11 is 0. The van der Waals surface area contributed by atoms with Crippen molar-refractivity contribution in [3.8, 4) is 11.4 Å². The van der Waals surface area contributed by atoms with Crippen LogP contribution in [0.3, 0.4) is 0 Å².